The topological polar surface area (TPSA) is 87.5 Å². The third-order valence-corrected chi connectivity index (χ3v) is 4.49. The van der Waals surface area contributed by atoms with E-state index in [1.807, 2.05) is 58.2 Å². The number of nitrogens with zero attached hydrogens (tertiary/aromatic N) is 3. The molecule has 8 nitrogen and oxygen atoms in total. The van der Waals surface area contributed by atoms with E-state index in [0.717, 1.165) is 16.5 Å². The SMILES string of the molecule is Cn1ncc2cc(Cl)nc(OCCOCC(NC(=O)OC(C)(C)C)c3ccccc3)c21. The van der Waals surface area contributed by atoms with Crippen LogP contribution in [0.4, 0.5) is 4.79 Å². The van der Waals surface area contributed by atoms with Gasteiger partial charge in [-0.3, -0.25) is 4.68 Å². The molecule has 0 saturated carbocycles. The van der Waals surface area contributed by atoms with E-state index in [1.165, 1.54) is 0 Å². The summed E-state index contributed by atoms with van der Waals surface area (Å²) in [7, 11) is 1.81. The lowest BCUT2D eigenvalue weighted by atomic mass is 10.1. The van der Waals surface area contributed by atoms with E-state index in [-0.39, 0.29) is 19.3 Å². The van der Waals surface area contributed by atoms with Crippen molar-refractivity contribution in [1.82, 2.24) is 20.1 Å². The minimum atomic E-state index is -0.582. The van der Waals surface area contributed by atoms with Crippen molar-refractivity contribution < 1.29 is 19.0 Å². The van der Waals surface area contributed by atoms with Crippen LogP contribution < -0.4 is 10.1 Å². The molecule has 0 aliphatic rings. The molecular formula is C22H27ClN4O4. The number of alkyl carbamates (subject to hydrolysis) is 1. The van der Waals surface area contributed by atoms with Gasteiger partial charge in [-0.25, -0.2) is 4.79 Å². The Morgan fingerprint density at radius 3 is 2.68 bits per heavy atom. The lowest BCUT2D eigenvalue weighted by molar-refractivity contribution is 0.0416. The Balaban J connectivity index is 1.56. The molecular weight excluding hydrogens is 420 g/mol. The molecule has 1 unspecified atom stereocenters. The van der Waals surface area contributed by atoms with Crippen LogP contribution in [-0.4, -0.2) is 46.3 Å². The first-order valence-corrected chi connectivity index (χ1v) is 10.3. The smallest absolute Gasteiger partial charge is 0.408 e. The molecule has 9 heteroatoms. The van der Waals surface area contributed by atoms with E-state index in [0.29, 0.717) is 17.6 Å². The lowest BCUT2D eigenvalue weighted by Gasteiger charge is -2.24. The van der Waals surface area contributed by atoms with Crippen LogP contribution >= 0.6 is 11.6 Å². The first-order chi connectivity index (χ1) is 14.7. The third kappa shape index (κ3) is 6.57. The van der Waals surface area contributed by atoms with Crippen LogP contribution in [0.1, 0.15) is 32.4 Å². The van der Waals surface area contributed by atoms with Crippen LogP contribution in [0.3, 0.4) is 0 Å². The summed E-state index contributed by atoms with van der Waals surface area (Å²) in [5.74, 6) is 0.401. The van der Waals surface area contributed by atoms with Crippen LogP contribution in [0.15, 0.2) is 42.6 Å². The number of hydrogen-bond donors (Lipinski definition) is 1. The van der Waals surface area contributed by atoms with Gasteiger partial charge in [-0.05, 0) is 32.4 Å². The first kappa shape index (κ1) is 22.8. The predicted octanol–water partition coefficient (Wildman–Crippen LogP) is 4.28. The van der Waals surface area contributed by atoms with Crippen molar-refractivity contribution in [1.29, 1.82) is 0 Å². The molecule has 0 saturated heterocycles. The molecule has 0 bridgehead atoms. The third-order valence-electron chi connectivity index (χ3n) is 4.30. The number of ether oxygens (including phenoxy) is 3. The Morgan fingerprint density at radius 2 is 1.97 bits per heavy atom. The number of aryl methyl sites for hydroxylation is 1. The average Bonchev–Trinajstić information content (AvgIpc) is 3.06. The van der Waals surface area contributed by atoms with E-state index in [2.05, 4.69) is 15.4 Å². The second kappa shape index (κ2) is 9.98. The number of amides is 1. The predicted molar refractivity (Wildman–Crippen MR) is 118 cm³/mol. The monoisotopic (exact) mass is 446 g/mol. The Hall–Kier alpha value is -2.84. The number of carbonyl (C=O) groups excluding carboxylic acids is 1. The maximum Gasteiger partial charge on any atom is 0.408 e. The second-order valence-corrected chi connectivity index (χ2v) is 8.38. The van der Waals surface area contributed by atoms with Crippen LogP contribution in [0.25, 0.3) is 10.9 Å². The number of rotatable bonds is 8. The largest absolute Gasteiger partial charge is 0.474 e. The number of nitrogens with one attached hydrogen (secondary N) is 1. The zero-order chi connectivity index (χ0) is 22.4. The Bertz CT molecular complexity index is 1020. The quantitative estimate of drug-likeness (QED) is 0.410. The number of pyridine rings is 1. The number of halogens is 1. The number of aromatic nitrogens is 3. The standard InChI is InChI=1S/C22H27ClN4O4/c1-22(2,3)31-21(28)25-17(15-8-6-5-7-9-15)14-29-10-11-30-20-19-16(12-18(23)26-20)13-24-27(19)4/h5-9,12-13,17H,10-11,14H2,1-4H3,(H,25,28). The summed E-state index contributed by atoms with van der Waals surface area (Å²) < 4.78 is 18.6. The summed E-state index contributed by atoms with van der Waals surface area (Å²) in [6.45, 7) is 6.29. The van der Waals surface area contributed by atoms with E-state index < -0.39 is 11.7 Å². The fraction of sp³-hybridized carbons (Fsp3) is 0.409. The van der Waals surface area contributed by atoms with Crippen LogP contribution in [0.5, 0.6) is 5.88 Å². The molecule has 0 aliphatic heterocycles. The Labute approximate surface area is 186 Å². The molecule has 2 heterocycles. The summed E-state index contributed by atoms with van der Waals surface area (Å²) >= 11 is 6.07. The Morgan fingerprint density at radius 1 is 1.23 bits per heavy atom. The molecule has 0 fully saturated rings. The molecule has 2 aromatic heterocycles. The summed E-state index contributed by atoms with van der Waals surface area (Å²) in [6.07, 6.45) is 1.21. The molecule has 31 heavy (non-hydrogen) atoms. The van der Waals surface area contributed by atoms with Gasteiger partial charge >= 0.3 is 6.09 Å². The molecule has 1 amide bonds. The Kier molecular flexibility index (Phi) is 7.35. The van der Waals surface area contributed by atoms with Gasteiger partial charge in [0.2, 0.25) is 5.88 Å². The summed E-state index contributed by atoms with van der Waals surface area (Å²) in [4.78, 5) is 16.5. The van der Waals surface area contributed by atoms with Crippen LogP contribution in [0, 0.1) is 0 Å². The maximum absolute atomic E-state index is 12.2. The van der Waals surface area contributed by atoms with Gasteiger partial charge in [-0.1, -0.05) is 41.9 Å². The normalized spacial score (nSPS) is 12.5. The van der Waals surface area contributed by atoms with Crippen molar-refractivity contribution in [3.63, 3.8) is 0 Å². The molecule has 0 aliphatic carbocycles. The van der Waals surface area contributed by atoms with Crippen molar-refractivity contribution in [3.05, 3.63) is 53.3 Å². The van der Waals surface area contributed by atoms with Gasteiger partial charge in [0.15, 0.2) is 0 Å². The highest BCUT2D eigenvalue weighted by atomic mass is 35.5. The molecule has 3 aromatic rings. The van der Waals surface area contributed by atoms with Crippen LogP contribution in [-0.2, 0) is 16.5 Å². The highest BCUT2D eigenvalue weighted by Gasteiger charge is 2.21. The number of carbonyl (C=O) groups is 1. The van der Waals surface area contributed by atoms with E-state index in [9.17, 15) is 4.79 Å². The molecule has 1 aromatic carbocycles. The number of hydrogen-bond acceptors (Lipinski definition) is 6. The highest BCUT2D eigenvalue weighted by molar-refractivity contribution is 6.30. The van der Waals surface area contributed by atoms with Gasteiger partial charge in [-0.2, -0.15) is 10.1 Å². The second-order valence-electron chi connectivity index (χ2n) is 7.99. The van der Waals surface area contributed by atoms with Crippen molar-refractivity contribution in [2.24, 2.45) is 7.05 Å². The molecule has 0 radical (unpaired) electrons. The molecule has 3 rings (SSSR count). The molecule has 1 N–H and O–H groups in total. The molecule has 166 valence electrons. The lowest BCUT2D eigenvalue weighted by Crippen LogP contribution is -2.36. The van der Waals surface area contributed by atoms with Crippen molar-refractivity contribution in [2.75, 3.05) is 19.8 Å². The van der Waals surface area contributed by atoms with Gasteiger partial charge < -0.3 is 19.5 Å². The van der Waals surface area contributed by atoms with Gasteiger partial charge in [0.1, 0.15) is 22.9 Å². The van der Waals surface area contributed by atoms with Gasteiger partial charge in [-0.15, -0.1) is 0 Å². The first-order valence-electron chi connectivity index (χ1n) is 9.96. The summed E-state index contributed by atoms with van der Waals surface area (Å²) in [5.41, 5.74) is 1.10. The van der Waals surface area contributed by atoms with E-state index >= 15 is 0 Å². The molecule has 0 spiro atoms. The van der Waals surface area contributed by atoms with Gasteiger partial charge in [0.05, 0.1) is 25.5 Å². The van der Waals surface area contributed by atoms with Gasteiger partial charge in [0.25, 0.3) is 0 Å². The minimum absolute atomic E-state index is 0.261. The van der Waals surface area contributed by atoms with Crippen LogP contribution in [0.2, 0.25) is 5.15 Å². The number of fused-ring (bicyclic) bond motifs is 1. The van der Waals surface area contributed by atoms with Crippen molar-refractivity contribution >= 4 is 28.6 Å². The fourth-order valence-electron chi connectivity index (χ4n) is 2.99. The van der Waals surface area contributed by atoms with Crippen molar-refractivity contribution in [3.8, 4) is 5.88 Å². The minimum Gasteiger partial charge on any atom is -0.474 e. The summed E-state index contributed by atoms with van der Waals surface area (Å²) in [6, 6.07) is 11.0. The molecule has 1 atom stereocenters. The zero-order valence-corrected chi connectivity index (χ0v) is 18.8. The van der Waals surface area contributed by atoms with E-state index in [1.54, 1.807) is 16.9 Å². The fourth-order valence-corrected chi connectivity index (χ4v) is 3.18. The summed E-state index contributed by atoms with van der Waals surface area (Å²) in [5, 5.41) is 8.26. The van der Waals surface area contributed by atoms with Gasteiger partial charge in [0, 0.05) is 12.4 Å². The number of benzene rings is 1. The average molecular weight is 447 g/mol. The maximum atomic E-state index is 12.2. The van der Waals surface area contributed by atoms with Crippen molar-refractivity contribution in [2.45, 2.75) is 32.4 Å². The van der Waals surface area contributed by atoms with E-state index in [4.69, 9.17) is 25.8 Å². The zero-order valence-electron chi connectivity index (χ0n) is 18.1. The highest BCUT2D eigenvalue weighted by Crippen LogP contribution is 2.26.